The van der Waals surface area contributed by atoms with E-state index in [1.54, 1.807) is 0 Å². The molecule has 0 saturated carbocycles. The fourth-order valence-electron chi connectivity index (χ4n) is 0. The topological polar surface area (TPSA) is 200 Å². The molecule has 0 aromatic carbocycles. The number of hydrogen-bond acceptors (Lipinski definition) is 0. The van der Waals surface area contributed by atoms with Crippen molar-refractivity contribution >= 4 is 26.2 Å². The van der Waals surface area contributed by atoms with Crippen LogP contribution >= 0.6 is 0 Å². The SMILES string of the molecule is [Bi+3].[Na+].[O-2].[O-2].[O-2].[O-2].[O-2].[O-2].[O-2].[Ti+4].[W+6]. The van der Waals surface area contributed by atoms with Gasteiger partial charge in [-0.15, -0.1) is 0 Å². The van der Waals surface area contributed by atoms with Crippen molar-refractivity contribution in [2.45, 2.75) is 0 Å². The summed E-state index contributed by atoms with van der Waals surface area (Å²) in [7, 11) is 0. The van der Waals surface area contributed by atoms with Crippen molar-refractivity contribution in [3.8, 4) is 0 Å². The Labute approximate surface area is 135 Å². The van der Waals surface area contributed by atoms with Crippen LogP contribution in [0.2, 0.25) is 0 Å². The van der Waals surface area contributed by atoms with Gasteiger partial charge < -0.3 is 38.3 Å². The van der Waals surface area contributed by atoms with Gasteiger partial charge in [0, 0.05) is 0 Å². The molecule has 0 saturated heterocycles. The second-order valence-electron chi connectivity index (χ2n) is 0. The number of hydrogen-bond donors (Lipinski definition) is 0. The summed E-state index contributed by atoms with van der Waals surface area (Å²) in [5.74, 6) is 0. The molecule has 0 unspecified atom stereocenters. The molecule has 2 radical (unpaired) electrons. The molecule has 58 valence electrons. The van der Waals surface area contributed by atoms with E-state index in [0.717, 1.165) is 0 Å². The molecule has 0 aliphatic carbocycles. The first kappa shape index (κ1) is 262. The molecule has 11 heavy (non-hydrogen) atoms. The van der Waals surface area contributed by atoms with Gasteiger partial charge in [-0.3, -0.25) is 0 Å². The van der Waals surface area contributed by atoms with Gasteiger partial charge >= 0.3 is 98.5 Å². The van der Waals surface area contributed by atoms with Crippen molar-refractivity contribution in [2.24, 2.45) is 0 Å². The predicted octanol–water partition coefficient (Wildman–Crippen LogP) is -4.21. The third-order valence-corrected chi connectivity index (χ3v) is 0. The van der Waals surface area contributed by atoms with Gasteiger partial charge in [0.1, 0.15) is 0 Å². The van der Waals surface area contributed by atoms with Crippen molar-refractivity contribution in [1.29, 1.82) is 0 Å². The van der Waals surface area contributed by atoms with Gasteiger partial charge in [-0.1, -0.05) is 0 Å². The van der Waals surface area contributed by atoms with E-state index in [1.165, 1.54) is 0 Å². The van der Waals surface area contributed by atoms with Gasteiger partial charge in [-0.2, -0.15) is 0 Å². The van der Waals surface area contributed by atoms with Gasteiger partial charge in [-0.05, 0) is 0 Å². The standard InChI is InChI=1S/Bi.Na.7O.Ti.W/q+3;+1;7*-2;+4;+6. The Kier molecular flexibility index (Phi) is 4950. The van der Waals surface area contributed by atoms with Gasteiger partial charge in [0.25, 0.3) is 0 Å². The van der Waals surface area contributed by atoms with Crippen LogP contribution in [0.5, 0.6) is 0 Å². The molecule has 0 aliphatic heterocycles. The van der Waals surface area contributed by atoms with Crippen LogP contribution in [-0.2, 0) is 81.1 Å². The summed E-state index contributed by atoms with van der Waals surface area (Å²) in [5, 5.41) is 0. The summed E-state index contributed by atoms with van der Waals surface area (Å²) in [6, 6.07) is 0. The second-order valence-corrected chi connectivity index (χ2v) is 0. The maximum absolute atomic E-state index is 0. The van der Waals surface area contributed by atoms with Crippen molar-refractivity contribution in [3.05, 3.63) is 0 Å². The fourth-order valence-corrected chi connectivity index (χ4v) is 0. The van der Waals surface area contributed by atoms with Crippen LogP contribution in [-0.4, -0.2) is 26.2 Å². The molecule has 0 atom stereocenters. The van der Waals surface area contributed by atoms with Crippen LogP contribution in [0, 0.1) is 0 Å². The van der Waals surface area contributed by atoms with E-state index in [9.17, 15) is 0 Å². The second kappa shape index (κ2) is 207. The Morgan fingerprint density at radius 3 is 0.455 bits per heavy atom. The van der Waals surface area contributed by atoms with Crippen LogP contribution in [0.15, 0.2) is 0 Å². The molecular weight excluding hydrogens is 576 g/mol. The molecule has 0 heterocycles. The minimum atomic E-state index is 0. The summed E-state index contributed by atoms with van der Waals surface area (Å²) in [4.78, 5) is 0. The Bertz CT molecular complexity index is 18.4. The summed E-state index contributed by atoms with van der Waals surface area (Å²) in [6.45, 7) is 0. The zero-order chi connectivity index (χ0) is 0. The number of rotatable bonds is 0. The fraction of sp³-hybridized carbons (Fsp3) is 0. The van der Waals surface area contributed by atoms with Crippen molar-refractivity contribution in [1.82, 2.24) is 0 Å². The zero-order valence-corrected chi connectivity index (χ0v) is 15.2. The van der Waals surface area contributed by atoms with E-state index in [0.29, 0.717) is 0 Å². The average molecular weight is 576 g/mol. The first-order valence-corrected chi connectivity index (χ1v) is 0. The molecule has 0 spiro atoms. The molecule has 7 nitrogen and oxygen atoms in total. The summed E-state index contributed by atoms with van der Waals surface area (Å²) >= 11 is 0. The summed E-state index contributed by atoms with van der Waals surface area (Å²) < 4.78 is 0. The first-order chi connectivity index (χ1) is 0. The molecule has 0 amide bonds. The molecular formula is BiNaO7TiW. The summed E-state index contributed by atoms with van der Waals surface area (Å²) in [6.07, 6.45) is 0. The van der Waals surface area contributed by atoms with E-state index in [2.05, 4.69) is 0 Å². The quantitative estimate of drug-likeness (QED) is 0.252. The third-order valence-electron chi connectivity index (χ3n) is 0. The van der Waals surface area contributed by atoms with Crippen LogP contribution in [0.4, 0.5) is 0 Å². The van der Waals surface area contributed by atoms with E-state index in [1.807, 2.05) is 0 Å². The van der Waals surface area contributed by atoms with Gasteiger partial charge in [0.2, 0.25) is 0 Å². The molecule has 0 fully saturated rings. The maximum atomic E-state index is 0. The minimum Gasteiger partial charge on any atom is -2.00 e. The van der Waals surface area contributed by atoms with Crippen molar-refractivity contribution in [2.75, 3.05) is 0 Å². The Morgan fingerprint density at radius 1 is 0.455 bits per heavy atom. The molecule has 0 aromatic heterocycles. The van der Waals surface area contributed by atoms with Gasteiger partial charge in [0.15, 0.2) is 0 Å². The molecule has 0 bridgehead atoms. The van der Waals surface area contributed by atoms with Crippen molar-refractivity contribution in [3.63, 3.8) is 0 Å². The zero-order valence-electron chi connectivity index (χ0n) is 5.21. The van der Waals surface area contributed by atoms with Crippen LogP contribution in [0.25, 0.3) is 0 Å². The largest absolute Gasteiger partial charge is 6.00 e. The van der Waals surface area contributed by atoms with Crippen LogP contribution < -0.4 is 29.6 Å². The third kappa shape index (κ3) is 174. The smallest absolute Gasteiger partial charge is 2.00 e. The summed E-state index contributed by atoms with van der Waals surface area (Å²) in [5.41, 5.74) is 0. The van der Waals surface area contributed by atoms with E-state index in [4.69, 9.17) is 0 Å². The van der Waals surface area contributed by atoms with Crippen LogP contribution in [0.3, 0.4) is 0 Å². The molecule has 0 aliphatic rings. The minimum absolute atomic E-state index is 0. The Balaban J connectivity index is 0. The van der Waals surface area contributed by atoms with Gasteiger partial charge in [-0.25, -0.2) is 0 Å². The Hall–Kier alpha value is 3.01. The normalized spacial score (nSPS) is 0. The van der Waals surface area contributed by atoms with Crippen LogP contribution in [0.1, 0.15) is 0 Å². The average Bonchev–Trinajstić information content (AvgIpc) is 0. The Morgan fingerprint density at radius 2 is 0.455 bits per heavy atom. The van der Waals surface area contributed by atoms with E-state index in [-0.39, 0.29) is 137 Å². The first-order valence-electron chi connectivity index (χ1n) is 0. The van der Waals surface area contributed by atoms with Gasteiger partial charge in [0.05, 0.1) is 0 Å². The molecule has 11 heteroatoms. The molecule has 0 rings (SSSR count). The molecule has 0 N–H and O–H groups in total. The maximum Gasteiger partial charge on any atom is 6.00 e. The van der Waals surface area contributed by atoms with Crippen molar-refractivity contribution < 1.29 is 111 Å². The molecule has 0 aromatic rings. The van der Waals surface area contributed by atoms with E-state index < -0.39 is 0 Å². The predicted molar refractivity (Wildman–Crippen MR) is 10.6 cm³/mol. The monoisotopic (exact) mass is 576 g/mol. The van der Waals surface area contributed by atoms with E-state index >= 15 is 0 Å².